The van der Waals surface area contributed by atoms with E-state index < -0.39 is 9.84 Å². The largest absolute Gasteiger partial charge is 0.381 e. The third-order valence-corrected chi connectivity index (χ3v) is 9.95. The maximum Gasteiger partial charge on any atom is 0.253 e. The topological polar surface area (TPSA) is 84.0 Å². The van der Waals surface area contributed by atoms with Crippen molar-refractivity contribution in [2.45, 2.75) is 31.7 Å². The number of nitrogens with zero attached hydrogens (tertiary/aromatic N) is 2. The lowest BCUT2D eigenvalue weighted by Crippen LogP contribution is -2.43. The Morgan fingerprint density at radius 1 is 0.919 bits per heavy atom. The molecule has 3 aliphatic heterocycles. The second-order valence-corrected chi connectivity index (χ2v) is 13.1. The summed E-state index contributed by atoms with van der Waals surface area (Å²) in [5, 5.41) is 1.05. The molecule has 0 radical (unpaired) electrons. The van der Waals surface area contributed by atoms with E-state index in [1.165, 1.54) is 0 Å². The number of halogens is 2. The Labute approximate surface area is 227 Å². The third-order valence-electron chi connectivity index (χ3n) is 7.67. The monoisotopic (exact) mass is 564 g/mol. The Morgan fingerprint density at radius 3 is 2.16 bits per heavy atom. The van der Waals surface area contributed by atoms with E-state index in [4.69, 9.17) is 27.9 Å². The first-order valence-corrected chi connectivity index (χ1v) is 15.3. The first-order valence-electron chi connectivity index (χ1n) is 12.7. The van der Waals surface area contributed by atoms with Crippen molar-refractivity contribution in [3.63, 3.8) is 0 Å². The maximum absolute atomic E-state index is 13.1. The van der Waals surface area contributed by atoms with Crippen LogP contribution < -0.4 is 0 Å². The first kappa shape index (κ1) is 26.5. The fourth-order valence-electron chi connectivity index (χ4n) is 5.43. The van der Waals surface area contributed by atoms with E-state index in [1.54, 1.807) is 17.0 Å². The highest BCUT2D eigenvalue weighted by atomic mass is 35.5. The SMILES string of the molecule is O=C(c1ccc(-c2cc(Cl)c(C[C@@H]3CCN(C4CCOCC4)C3=O)c(Cl)c2)cc1)N1CCS(=O)(=O)CC1. The van der Waals surface area contributed by atoms with E-state index in [1.807, 2.05) is 29.2 Å². The number of ether oxygens (including phenoxy) is 1. The van der Waals surface area contributed by atoms with Gasteiger partial charge in [-0.15, -0.1) is 0 Å². The molecule has 0 N–H and O–H groups in total. The molecule has 3 fully saturated rings. The quantitative estimate of drug-likeness (QED) is 0.545. The van der Waals surface area contributed by atoms with E-state index >= 15 is 0 Å². The van der Waals surface area contributed by atoms with E-state index in [0.717, 1.165) is 42.5 Å². The summed E-state index contributed by atoms with van der Waals surface area (Å²) < 4.78 is 28.7. The molecular formula is C27H30Cl2N2O5S. The van der Waals surface area contributed by atoms with Gasteiger partial charge < -0.3 is 14.5 Å². The van der Waals surface area contributed by atoms with Crippen LogP contribution in [0.3, 0.4) is 0 Å². The molecule has 3 heterocycles. The van der Waals surface area contributed by atoms with Crippen molar-refractivity contribution < 1.29 is 22.7 Å². The van der Waals surface area contributed by atoms with E-state index in [-0.39, 0.29) is 48.4 Å². The summed E-state index contributed by atoms with van der Waals surface area (Å²) in [6, 6.07) is 11.1. The lowest BCUT2D eigenvalue weighted by atomic mass is 9.95. The minimum absolute atomic E-state index is 0.000196. The number of amides is 2. The van der Waals surface area contributed by atoms with E-state index in [0.29, 0.717) is 35.2 Å². The van der Waals surface area contributed by atoms with Crippen molar-refractivity contribution in [1.82, 2.24) is 9.80 Å². The van der Waals surface area contributed by atoms with Gasteiger partial charge in [-0.1, -0.05) is 35.3 Å². The zero-order chi connectivity index (χ0) is 26.2. The Bertz CT molecular complexity index is 1260. The zero-order valence-electron chi connectivity index (χ0n) is 20.5. The molecule has 0 bridgehead atoms. The molecule has 0 spiro atoms. The molecule has 0 aromatic heterocycles. The summed E-state index contributed by atoms with van der Waals surface area (Å²) >= 11 is 13.3. The van der Waals surface area contributed by atoms with E-state index in [2.05, 4.69) is 0 Å². The van der Waals surface area contributed by atoms with Crippen LogP contribution >= 0.6 is 23.2 Å². The zero-order valence-corrected chi connectivity index (χ0v) is 22.8. The van der Waals surface area contributed by atoms with Gasteiger partial charge >= 0.3 is 0 Å². The molecule has 3 aliphatic rings. The molecule has 2 aromatic carbocycles. The Balaban J connectivity index is 1.26. The van der Waals surface area contributed by atoms with Crippen LogP contribution in [0.4, 0.5) is 0 Å². The van der Waals surface area contributed by atoms with Gasteiger partial charge in [0.25, 0.3) is 5.91 Å². The minimum atomic E-state index is -3.05. The van der Waals surface area contributed by atoms with Gasteiger partial charge in [0, 0.05) is 60.4 Å². The molecular weight excluding hydrogens is 535 g/mol. The maximum atomic E-state index is 13.1. The van der Waals surface area contributed by atoms with Crippen LogP contribution in [0.5, 0.6) is 0 Å². The Morgan fingerprint density at radius 2 is 1.54 bits per heavy atom. The van der Waals surface area contributed by atoms with Gasteiger partial charge in [-0.05, 0) is 66.6 Å². The highest BCUT2D eigenvalue weighted by molar-refractivity contribution is 7.91. The standard InChI is InChI=1S/C27H30Cl2N2O5S/c28-24-16-21(18-1-3-19(4-2-18)26(32)30-9-13-37(34,35)14-10-30)17-25(29)23(24)15-20-5-8-31(27(20)33)22-6-11-36-12-7-22/h1-4,16-17,20,22H,5-15H2/t20-/m0/s1. The van der Waals surface area contributed by atoms with Crippen LogP contribution in [0.1, 0.15) is 35.2 Å². The number of carbonyl (C=O) groups is 2. The average molecular weight is 566 g/mol. The van der Waals surface area contributed by atoms with Crippen molar-refractivity contribution in [2.75, 3.05) is 44.4 Å². The van der Waals surface area contributed by atoms with Gasteiger partial charge in [-0.25, -0.2) is 8.42 Å². The summed E-state index contributed by atoms with van der Waals surface area (Å²) in [6.45, 7) is 2.60. The van der Waals surface area contributed by atoms with Gasteiger partial charge in [0.15, 0.2) is 9.84 Å². The number of hydrogen-bond donors (Lipinski definition) is 0. The van der Waals surface area contributed by atoms with Gasteiger partial charge in [-0.2, -0.15) is 0 Å². The number of sulfone groups is 1. The van der Waals surface area contributed by atoms with E-state index in [9.17, 15) is 18.0 Å². The van der Waals surface area contributed by atoms with Gasteiger partial charge in [0.05, 0.1) is 11.5 Å². The number of rotatable bonds is 5. The molecule has 0 saturated carbocycles. The summed E-state index contributed by atoms with van der Waals surface area (Å²) in [7, 11) is -3.05. The molecule has 0 aliphatic carbocycles. The first-order chi connectivity index (χ1) is 17.7. The fourth-order valence-corrected chi connectivity index (χ4v) is 7.27. The molecule has 3 saturated heterocycles. The van der Waals surface area contributed by atoms with Crippen molar-refractivity contribution in [1.29, 1.82) is 0 Å². The smallest absolute Gasteiger partial charge is 0.253 e. The molecule has 2 aromatic rings. The lowest BCUT2D eigenvalue weighted by Gasteiger charge is -2.31. The Hall–Kier alpha value is -2.13. The molecule has 7 nitrogen and oxygen atoms in total. The van der Waals surface area contributed by atoms with Crippen LogP contribution in [0.25, 0.3) is 11.1 Å². The minimum Gasteiger partial charge on any atom is -0.381 e. The van der Waals surface area contributed by atoms with Crippen LogP contribution in [-0.4, -0.2) is 80.4 Å². The van der Waals surface area contributed by atoms with Gasteiger partial charge in [0.2, 0.25) is 5.91 Å². The molecule has 2 amide bonds. The number of benzene rings is 2. The summed E-state index contributed by atoms with van der Waals surface area (Å²) in [4.78, 5) is 29.5. The van der Waals surface area contributed by atoms with Crippen molar-refractivity contribution in [3.8, 4) is 11.1 Å². The fraction of sp³-hybridized carbons (Fsp3) is 0.481. The molecule has 37 heavy (non-hydrogen) atoms. The molecule has 10 heteroatoms. The van der Waals surface area contributed by atoms with Gasteiger partial charge in [0.1, 0.15) is 0 Å². The van der Waals surface area contributed by atoms with Crippen molar-refractivity contribution >= 4 is 44.9 Å². The number of hydrogen-bond acceptors (Lipinski definition) is 5. The summed E-state index contributed by atoms with van der Waals surface area (Å²) in [6.07, 6.45) is 3.08. The summed E-state index contributed by atoms with van der Waals surface area (Å²) in [5.74, 6) is -0.127. The average Bonchev–Trinajstić information content (AvgIpc) is 3.26. The molecule has 5 rings (SSSR count). The summed E-state index contributed by atoms with van der Waals surface area (Å²) in [5.41, 5.74) is 2.97. The molecule has 1 atom stereocenters. The third kappa shape index (κ3) is 5.82. The number of likely N-dealkylation sites (tertiary alicyclic amines) is 1. The van der Waals surface area contributed by atoms with Crippen LogP contribution in [-0.2, 0) is 25.8 Å². The second kappa shape index (κ2) is 10.9. The molecule has 0 unspecified atom stereocenters. The Kier molecular flexibility index (Phi) is 7.82. The lowest BCUT2D eigenvalue weighted by molar-refractivity contribution is -0.134. The van der Waals surface area contributed by atoms with Crippen LogP contribution in [0.15, 0.2) is 36.4 Å². The van der Waals surface area contributed by atoms with Crippen molar-refractivity contribution in [2.24, 2.45) is 5.92 Å². The van der Waals surface area contributed by atoms with Crippen LogP contribution in [0.2, 0.25) is 10.0 Å². The van der Waals surface area contributed by atoms with Crippen LogP contribution in [0, 0.1) is 5.92 Å². The molecule has 198 valence electrons. The number of carbonyl (C=O) groups excluding carboxylic acids is 2. The highest BCUT2D eigenvalue weighted by Crippen LogP contribution is 2.36. The second-order valence-electron chi connectivity index (χ2n) is 10.0. The highest BCUT2D eigenvalue weighted by Gasteiger charge is 2.37. The normalized spacial score (nSPS) is 22.4. The predicted molar refractivity (Wildman–Crippen MR) is 144 cm³/mol. The van der Waals surface area contributed by atoms with Gasteiger partial charge in [-0.3, -0.25) is 9.59 Å². The van der Waals surface area contributed by atoms with Crippen molar-refractivity contribution in [3.05, 3.63) is 57.6 Å². The predicted octanol–water partition coefficient (Wildman–Crippen LogP) is 4.10.